The smallest absolute Gasteiger partial charge is 0.387 e. The van der Waals surface area contributed by atoms with Gasteiger partial charge in [-0.2, -0.15) is 13.9 Å². The predicted octanol–water partition coefficient (Wildman–Crippen LogP) is 4.81. The summed E-state index contributed by atoms with van der Waals surface area (Å²) >= 11 is 1.39. The molecule has 0 aliphatic carbocycles. The topological polar surface area (TPSA) is 66.6 Å². The Morgan fingerprint density at radius 2 is 1.70 bits per heavy atom. The quantitative estimate of drug-likeness (QED) is 0.312. The summed E-state index contributed by atoms with van der Waals surface area (Å²) in [6.07, 6.45) is 3.31. The molecule has 1 heterocycles. The number of methoxy groups -OCH3 is 3. The molecule has 0 N–H and O–H groups in total. The number of halogens is 2. The molecule has 0 saturated carbocycles. The van der Waals surface area contributed by atoms with E-state index in [0.717, 1.165) is 11.3 Å². The van der Waals surface area contributed by atoms with Crippen LogP contribution in [0.25, 0.3) is 11.3 Å². The van der Waals surface area contributed by atoms with Gasteiger partial charge in [0.25, 0.3) is 0 Å². The van der Waals surface area contributed by atoms with Crippen molar-refractivity contribution in [2.24, 2.45) is 10.1 Å². The van der Waals surface area contributed by atoms with Gasteiger partial charge >= 0.3 is 6.61 Å². The van der Waals surface area contributed by atoms with E-state index in [1.54, 1.807) is 62.6 Å². The number of hydrogen-bond acceptors (Lipinski definition) is 7. The lowest BCUT2D eigenvalue weighted by molar-refractivity contribution is -0.0498. The number of hydrogen-bond donors (Lipinski definition) is 0. The van der Waals surface area contributed by atoms with E-state index < -0.39 is 6.61 Å². The molecule has 1 aromatic heterocycles. The van der Waals surface area contributed by atoms with Gasteiger partial charge in [-0.1, -0.05) is 6.08 Å². The van der Waals surface area contributed by atoms with E-state index in [1.165, 1.54) is 23.5 Å². The second-order valence-electron chi connectivity index (χ2n) is 6.44. The van der Waals surface area contributed by atoms with Crippen molar-refractivity contribution in [1.29, 1.82) is 0 Å². The van der Waals surface area contributed by atoms with Gasteiger partial charge in [-0.05, 0) is 30.3 Å². The van der Waals surface area contributed by atoms with Crippen molar-refractivity contribution in [3.05, 3.63) is 64.8 Å². The second-order valence-corrected chi connectivity index (χ2v) is 7.28. The van der Waals surface area contributed by atoms with Gasteiger partial charge in [-0.25, -0.2) is 4.68 Å². The fourth-order valence-electron chi connectivity index (χ4n) is 2.94. The number of alkyl halides is 2. The number of benzene rings is 2. The molecule has 0 amide bonds. The highest BCUT2D eigenvalue weighted by Crippen LogP contribution is 2.34. The maximum absolute atomic E-state index is 12.5. The lowest BCUT2D eigenvalue weighted by atomic mass is 10.1. The first-order valence-corrected chi connectivity index (χ1v) is 10.6. The number of ether oxygens (including phenoxy) is 4. The van der Waals surface area contributed by atoms with E-state index >= 15 is 0 Å². The van der Waals surface area contributed by atoms with Crippen molar-refractivity contribution < 1.29 is 27.7 Å². The molecule has 0 saturated heterocycles. The minimum atomic E-state index is -2.88. The molecular weight excluding hydrogens is 452 g/mol. The second kappa shape index (κ2) is 11.3. The molecule has 174 valence electrons. The Morgan fingerprint density at radius 1 is 1.03 bits per heavy atom. The van der Waals surface area contributed by atoms with Crippen molar-refractivity contribution in [2.75, 3.05) is 27.9 Å². The Balaban J connectivity index is 2.06. The van der Waals surface area contributed by atoms with Crippen LogP contribution in [-0.2, 0) is 0 Å². The molecule has 0 radical (unpaired) electrons. The molecule has 0 bridgehead atoms. The third-order valence-corrected chi connectivity index (χ3v) is 5.32. The zero-order valence-corrected chi connectivity index (χ0v) is 19.1. The SMILES string of the molecule is C=CCN=c1scc(-c2ccc(OC(F)F)cc2)n1/N=C/c1cc(OC)c(OC)cc1OC. The molecule has 0 aliphatic heterocycles. The molecule has 0 unspecified atom stereocenters. The first-order valence-electron chi connectivity index (χ1n) is 9.72. The predicted molar refractivity (Wildman–Crippen MR) is 124 cm³/mol. The van der Waals surface area contributed by atoms with E-state index in [0.29, 0.717) is 34.2 Å². The maximum atomic E-state index is 12.5. The van der Waals surface area contributed by atoms with E-state index in [2.05, 4.69) is 21.4 Å². The van der Waals surface area contributed by atoms with Gasteiger partial charge < -0.3 is 18.9 Å². The van der Waals surface area contributed by atoms with Gasteiger partial charge in [0.1, 0.15) is 11.5 Å². The van der Waals surface area contributed by atoms with Crippen LogP contribution < -0.4 is 23.7 Å². The van der Waals surface area contributed by atoms with Crippen molar-refractivity contribution in [2.45, 2.75) is 6.61 Å². The third-order valence-electron chi connectivity index (χ3n) is 4.46. The number of rotatable bonds is 10. The molecule has 0 spiro atoms. The van der Waals surface area contributed by atoms with Crippen LogP contribution in [0.2, 0.25) is 0 Å². The van der Waals surface area contributed by atoms with Crippen molar-refractivity contribution in [1.82, 2.24) is 4.68 Å². The molecule has 3 aromatic rings. The Morgan fingerprint density at radius 3 is 2.30 bits per heavy atom. The highest BCUT2D eigenvalue weighted by atomic mass is 32.1. The average Bonchev–Trinajstić information content (AvgIpc) is 3.23. The van der Waals surface area contributed by atoms with E-state index in [-0.39, 0.29) is 5.75 Å². The summed E-state index contributed by atoms with van der Waals surface area (Å²) in [5.74, 6) is 1.68. The minimum absolute atomic E-state index is 0.0747. The number of nitrogens with zero attached hydrogens (tertiary/aromatic N) is 3. The highest BCUT2D eigenvalue weighted by molar-refractivity contribution is 7.07. The highest BCUT2D eigenvalue weighted by Gasteiger charge is 2.12. The van der Waals surface area contributed by atoms with Crippen LogP contribution in [-0.4, -0.2) is 45.4 Å². The molecule has 0 aliphatic rings. The summed E-state index contributed by atoms with van der Waals surface area (Å²) in [6.45, 7) is 1.23. The molecular formula is C23H23F2N3O4S. The van der Waals surface area contributed by atoms with Crippen molar-refractivity contribution in [3.63, 3.8) is 0 Å². The summed E-state index contributed by atoms with van der Waals surface area (Å²) in [4.78, 5) is 5.13. The number of aromatic nitrogens is 1. The summed E-state index contributed by atoms with van der Waals surface area (Å²) < 4.78 is 47.2. The Hall–Kier alpha value is -3.66. The molecule has 3 rings (SSSR count). The van der Waals surface area contributed by atoms with Gasteiger partial charge in [0.05, 0.1) is 39.8 Å². The Kier molecular flexibility index (Phi) is 8.20. The van der Waals surface area contributed by atoms with E-state index in [1.807, 2.05) is 5.38 Å². The van der Waals surface area contributed by atoms with Gasteiger partial charge in [0.2, 0.25) is 4.80 Å². The fraction of sp³-hybridized carbons (Fsp3) is 0.217. The number of thiazole rings is 1. The fourth-order valence-corrected chi connectivity index (χ4v) is 3.79. The average molecular weight is 476 g/mol. The van der Waals surface area contributed by atoms with Crippen LogP contribution in [0.1, 0.15) is 5.56 Å². The van der Waals surface area contributed by atoms with E-state index in [9.17, 15) is 8.78 Å². The van der Waals surface area contributed by atoms with Crippen LogP contribution in [0.3, 0.4) is 0 Å². The molecule has 10 heteroatoms. The standard InChI is InChI=1S/C23H23F2N3O4S/c1-5-10-26-23-28(18(14-33-23)15-6-8-17(9-7-15)32-22(24)25)27-13-16-11-20(30-3)21(31-4)12-19(16)29-2/h5-9,11-14,22H,1,10H2,2-4H3/b26-23?,27-13+. The summed E-state index contributed by atoms with van der Waals surface area (Å²) in [6, 6.07) is 9.78. The van der Waals surface area contributed by atoms with Gasteiger partial charge in [-0.3, -0.25) is 4.99 Å². The molecule has 33 heavy (non-hydrogen) atoms. The summed E-state index contributed by atoms with van der Waals surface area (Å²) in [7, 11) is 4.64. The molecule has 2 aromatic carbocycles. The summed E-state index contributed by atoms with van der Waals surface area (Å²) in [5, 5.41) is 6.51. The Labute approximate surface area is 193 Å². The van der Waals surface area contributed by atoms with Gasteiger partial charge in [-0.15, -0.1) is 17.9 Å². The minimum Gasteiger partial charge on any atom is -0.496 e. The zero-order chi connectivity index (χ0) is 23.8. The van der Waals surface area contributed by atoms with Crippen LogP contribution in [0.15, 0.2) is 64.5 Å². The van der Waals surface area contributed by atoms with Gasteiger partial charge in [0.15, 0.2) is 11.5 Å². The zero-order valence-electron chi connectivity index (χ0n) is 18.3. The summed E-state index contributed by atoms with van der Waals surface area (Å²) in [5.41, 5.74) is 2.14. The first kappa shape index (κ1) is 24.0. The molecule has 0 fully saturated rings. The van der Waals surface area contributed by atoms with Crippen LogP contribution in [0.4, 0.5) is 8.78 Å². The first-order chi connectivity index (χ1) is 16.0. The normalized spacial score (nSPS) is 11.8. The maximum Gasteiger partial charge on any atom is 0.387 e. The Bertz CT molecular complexity index is 1190. The lowest BCUT2D eigenvalue weighted by Crippen LogP contribution is -2.12. The van der Waals surface area contributed by atoms with Crippen LogP contribution in [0.5, 0.6) is 23.0 Å². The van der Waals surface area contributed by atoms with E-state index in [4.69, 9.17) is 14.2 Å². The van der Waals surface area contributed by atoms with Crippen LogP contribution >= 0.6 is 11.3 Å². The van der Waals surface area contributed by atoms with Crippen molar-refractivity contribution in [3.8, 4) is 34.3 Å². The molecule has 0 atom stereocenters. The van der Waals surface area contributed by atoms with Gasteiger partial charge in [0, 0.05) is 22.6 Å². The largest absolute Gasteiger partial charge is 0.496 e. The van der Waals surface area contributed by atoms with Crippen molar-refractivity contribution >= 4 is 17.6 Å². The third kappa shape index (κ3) is 5.78. The molecule has 7 nitrogen and oxygen atoms in total. The lowest BCUT2D eigenvalue weighted by Gasteiger charge is -2.12. The monoisotopic (exact) mass is 475 g/mol. The van der Waals surface area contributed by atoms with Crippen LogP contribution in [0, 0.1) is 0 Å².